The van der Waals surface area contributed by atoms with E-state index >= 15 is 0 Å². The van der Waals surface area contributed by atoms with Gasteiger partial charge in [-0.25, -0.2) is 4.98 Å². The van der Waals surface area contributed by atoms with Crippen LogP contribution in [0.3, 0.4) is 0 Å². The lowest BCUT2D eigenvalue weighted by Gasteiger charge is -2.18. The molecular formula is C19H22N2O2S. The fourth-order valence-corrected chi connectivity index (χ4v) is 3.81. The number of benzene rings is 2. The first-order chi connectivity index (χ1) is 11.6. The second kappa shape index (κ2) is 7.20. The maximum Gasteiger partial charge on any atom is 0.161 e. The molecule has 2 aromatic carbocycles. The Kier molecular flexibility index (Phi) is 5.02. The number of methoxy groups -OCH3 is 2. The first-order valence-corrected chi connectivity index (χ1v) is 8.67. The van der Waals surface area contributed by atoms with Crippen LogP contribution in [0.1, 0.15) is 16.1 Å². The molecule has 0 aliphatic rings. The largest absolute Gasteiger partial charge is 0.493 e. The molecule has 0 bridgehead atoms. The Morgan fingerprint density at radius 3 is 2.46 bits per heavy atom. The fraction of sp³-hybridized carbons (Fsp3) is 0.316. The van der Waals surface area contributed by atoms with Crippen LogP contribution >= 0.6 is 11.3 Å². The smallest absolute Gasteiger partial charge is 0.161 e. The summed E-state index contributed by atoms with van der Waals surface area (Å²) < 4.78 is 12.0. The predicted octanol–water partition coefficient (Wildman–Crippen LogP) is 4.25. The van der Waals surface area contributed by atoms with E-state index in [-0.39, 0.29) is 0 Å². The van der Waals surface area contributed by atoms with Crippen molar-refractivity contribution in [3.8, 4) is 11.5 Å². The number of para-hydroxylation sites is 1. The number of hydrogen-bond acceptors (Lipinski definition) is 5. The van der Waals surface area contributed by atoms with E-state index in [2.05, 4.69) is 43.1 Å². The van der Waals surface area contributed by atoms with Crippen LogP contribution in [0.5, 0.6) is 11.5 Å². The average molecular weight is 342 g/mol. The highest BCUT2D eigenvalue weighted by molar-refractivity contribution is 7.18. The van der Waals surface area contributed by atoms with Crippen molar-refractivity contribution < 1.29 is 9.47 Å². The molecule has 5 heteroatoms. The standard InChI is InChI=1S/C19H22N2O2S/c1-13-9-16(22-3)17(23-4)10-14(13)11-21(2)12-19-20-15-7-5-6-8-18(15)24-19/h5-10H,11-12H2,1-4H3. The van der Waals surface area contributed by atoms with Crippen LogP contribution in [0.15, 0.2) is 36.4 Å². The van der Waals surface area contributed by atoms with Crippen LogP contribution in [0.4, 0.5) is 0 Å². The molecule has 126 valence electrons. The van der Waals surface area contributed by atoms with Crippen molar-refractivity contribution in [3.63, 3.8) is 0 Å². The van der Waals surface area contributed by atoms with Gasteiger partial charge in [-0.3, -0.25) is 4.90 Å². The molecule has 0 saturated heterocycles. The Morgan fingerprint density at radius 2 is 1.75 bits per heavy atom. The topological polar surface area (TPSA) is 34.6 Å². The highest BCUT2D eigenvalue weighted by Crippen LogP contribution is 2.31. The molecule has 0 fully saturated rings. The zero-order valence-corrected chi connectivity index (χ0v) is 15.3. The number of thiazole rings is 1. The maximum atomic E-state index is 5.42. The van der Waals surface area contributed by atoms with Gasteiger partial charge in [-0.2, -0.15) is 0 Å². The summed E-state index contributed by atoms with van der Waals surface area (Å²) in [7, 11) is 5.44. The van der Waals surface area contributed by atoms with Crippen molar-refractivity contribution in [3.05, 3.63) is 52.5 Å². The molecule has 0 atom stereocenters. The molecule has 0 radical (unpaired) electrons. The zero-order valence-electron chi connectivity index (χ0n) is 14.5. The molecule has 0 saturated carbocycles. The van der Waals surface area contributed by atoms with Gasteiger partial charge in [0.2, 0.25) is 0 Å². The van der Waals surface area contributed by atoms with Gasteiger partial charge in [-0.1, -0.05) is 12.1 Å². The van der Waals surface area contributed by atoms with E-state index in [1.54, 1.807) is 25.6 Å². The summed E-state index contributed by atoms with van der Waals surface area (Å²) in [6.45, 7) is 3.76. The first-order valence-electron chi connectivity index (χ1n) is 7.85. The highest BCUT2D eigenvalue weighted by Gasteiger charge is 2.12. The van der Waals surface area contributed by atoms with Gasteiger partial charge in [0.25, 0.3) is 0 Å². The minimum atomic E-state index is 0.770. The third kappa shape index (κ3) is 3.52. The van der Waals surface area contributed by atoms with Crippen molar-refractivity contribution in [1.29, 1.82) is 0 Å². The van der Waals surface area contributed by atoms with Crippen LogP contribution in [0, 0.1) is 6.92 Å². The van der Waals surface area contributed by atoms with Gasteiger partial charge in [0.15, 0.2) is 11.5 Å². The van der Waals surface area contributed by atoms with Gasteiger partial charge < -0.3 is 9.47 Å². The molecule has 0 aliphatic carbocycles. The van der Waals surface area contributed by atoms with Crippen LogP contribution in [0.2, 0.25) is 0 Å². The molecule has 1 aromatic heterocycles. The fourth-order valence-electron chi connectivity index (χ4n) is 2.76. The van der Waals surface area contributed by atoms with Gasteiger partial charge in [-0.05, 0) is 49.4 Å². The van der Waals surface area contributed by atoms with Crippen molar-refractivity contribution in [2.75, 3.05) is 21.3 Å². The van der Waals surface area contributed by atoms with E-state index in [1.165, 1.54) is 15.8 Å². The molecule has 0 N–H and O–H groups in total. The number of ether oxygens (including phenoxy) is 2. The van der Waals surface area contributed by atoms with Crippen molar-refractivity contribution in [2.45, 2.75) is 20.0 Å². The minimum Gasteiger partial charge on any atom is -0.493 e. The SMILES string of the molecule is COc1cc(C)c(CN(C)Cc2nc3ccccc3s2)cc1OC. The number of aromatic nitrogens is 1. The van der Waals surface area contributed by atoms with E-state index in [1.807, 2.05) is 12.1 Å². The first kappa shape index (κ1) is 16.7. The number of hydrogen-bond donors (Lipinski definition) is 0. The molecule has 3 aromatic rings. The van der Waals surface area contributed by atoms with Crippen molar-refractivity contribution >= 4 is 21.6 Å². The summed E-state index contributed by atoms with van der Waals surface area (Å²) in [4.78, 5) is 6.98. The molecular weight excluding hydrogens is 320 g/mol. The zero-order chi connectivity index (χ0) is 17.1. The molecule has 3 rings (SSSR count). The number of rotatable bonds is 6. The maximum absolute atomic E-state index is 5.42. The third-order valence-electron chi connectivity index (χ3n) is 4.03. The van der Waals surface area contributed by atoms with Crippen LogP contribution < -0.4 is 9.47 Å². The van der Waals surface area contributed by atoms with E-state index in [0.29, 0.717) is 0 Å². The Balaban J connectivity index is 1.75. The predicted molar refractivity (Wildman–Crippen MR) is 99.1 cm³/mol. The molecule has 1 heterocycles. The Bertz CT molecular complexity index is 811. The van der Waals surface area contributed by atoms with Gasteiger partial charge in [0, 0.05) is 6.54 Å². The second-order valence-electron chi connectivity index (χ2n) is 5.88. The van der Waals surface area contributed by atoms with E-state index in [0.717, 1.165) is 35.1 Å². The monoisotopic (exact) mass is 342 g/mol. The summed E-state index contributed by atoms with van der Waals surface area (Å²) in [6.07, 6.45) is 0. The van der Waals surface area contributed by atoms with Gasteiger partial charge >= 0.3 is 0 Å². The van der Waals surface area contributed by atoms with Gasteiger partial charge in [0.1, 0.15) is 5.01 Å². The van der Waals surface area contributed by atoms with E-state index in [4.69, 9.17) is 14.5 Å². The summed E-state index contributed by atoms with van der Waals surface area (Å²) in [5.41, 5.74) is 3.51. The van der Waals surface area contributed by atoms with Crippen LogP contribution in [-0.2, 0) is 13.1 Å². The van der Waals surface area contributed by atoms with Crippen LogP contribution in [-0.4, -0.2) is 31.2 Å². The Hall–Kier alpha value is -2.11. The summed E-state index contributed by atoms with van der Waals surface area (Å²) in [5, 5.41) is 1.14. The van der Waals surface area contributed by atoms with Crippen LogP contribution in [0.25, 0.3) is 10.2 Å². The Labute approximate surface area is 146 Å². The molecule has 0 amide bonds. The van der Waals surface area contributed by atoms with Crippen molar-refractivity contribution in [1.82, 2.24) is 9.88 Å². The second-order valence-corrected chi connectivity index (χ2v) is 7.00. The van der Waals surface area contributed by atoms with Gasteiger partial charge in [-0.15, -0.1) is 11.3 Å². The lowest BCUT2D eigenvalue weighted by molar-refractivity contribution is 0.315. The molecule has 4 nitrogen and oxygen atoms in total. The summed E-state index contributed by atoms with van der Waals surface area (Å²) in [5.74, 6) is 1.54. The molecule has 24 heavy (non-hydrogen) atoms. The summed E-state index contributed by atoms with van der Waals surface area (Å²) >= 11 is 1.76. The quantitative estimate of drug-likeness (QED) is 0.670. The minimum absolute atomic E-state index is 0.770. The molecule has 0 unspecified atom stereocenters. The van der Waals surface area contributed by atoms with Gasteiger partial charge in [0.05, 0.1) is 31.0 Å². The molecule has 0 spiro atoms. The summed E-state index contributed by atoms with van der Waals surface area (Å²) in [6, 6.07) is 12.4. The lowest BCUT2D eigenvalue weighted by Crippen LogP contribution is -2.17. The normalized spacial score (nSPS) is 11.2. The molecule has 0 aliphatic heterocycles. The lowest BCUT2D eigenvalue weighted by atomic mass is 10.1. The number of nitrogens with zero attached hydrogens (tertiary/aromatic N) is 2. The number of fused-ring (bicyclic) bond motifs is 1. The van der Waals surface area contributed by atoms with E-state index in [9.17, 15) is 0 Å². The Morgan fingerprint density at radius 1 is 1.04 bits per heavy atom. The van der Waals surface area contributed by atoms with Crippen molar-refractivity contribution in [2.24, 2.45) is 0 Å². The number of aryl methyl sites for hydroxylation is 1. The average Bonchev–Trinajstić information content (AvgIpc) is 2.98. The third-order valence-corrected chi connectivity index (χ3v) is 5.05. The highest BCUT2D eigenvalue weighted by atomic mass is 32.1. The van der Waals surface area contributed by atoms with E-state index < -0.39 is 0 Å².